The summed E-state index contributed by atoms with van der Waals surface area (Å²) in [5, 5.41) is 7.02. The van der Waals surface area contributed by atoms with E-state index < -0.39 is 0 Å². The van der Waals surface area contributed by atoms with Gasteiger partial charge in [-0.15, -0.1) is 13.2 Å². The molecule has 324 valence electrons. The number of rotatable bonds is 20. The van der Waals surface area contributed by atoms with E-state index in [1.807, 2.05) is 50.3 Å². The standard InChI is InChI=1S/C18H33NO2.C16H29NO2.C16H14.C2H6/c1-4-7-9-11-13-17(12-6-3)19-15-16-21-18(20)14-10-8-5-2;1-2-10-15-11-8-6-4-3-5-7-9-12-16(18)19-14-13-17-15;1-2-9-16(14-10-5-3-6-11-14)15-12-7-4-8-13-15;1-2/h4-5,17,19H,1-2,6-16H2,3H3;3,5,15,17H,2,4,6-14H2,1H3;2-13H,1H2;1-2H3/b;5-3-;;. The number of hydrogen-bond donors (Lipinski definition) is 2. The molecule has 2 unspecified atom stereocenters. The zero-order valence-corrected chi connectivity index (χ0v) is 37.2. The van der Waals surface area contributed by atoms with Gasteiger partial charge in [0.15, 0.2) is 0 Å². The molecule has 0 spiro atoms. The van der Waals surface area contributed by atoms with Gasteiger partial charge in [0, 0.05) is 38.0 Å². The van der Waals surface area contributed by atoms with Gasteiger partial charge in [0.25, 0.3) is 0 Å². The lowest BCUT2D eigenvalue weighted by Crippen LogP contribution is -2.32. The summed E-state index contributed by atoms with van der Waals surface area (Å²) in [6.45, 7) is 22.1. The topological polar surface area (TPSA) is 76.7 Å². The van der Waals surface area contributed by atoms with Gasteiger partial charge < -0.3 is 20.1 Å². The predicted octanol–water partition coefficient (Wildman–Crippen LogP) is 13.3. The van der Waals surface area contributed by atoms with Crippen molar-refractivity contribution < 1.29 is 19.1 Å². The van der Waals surface area contributed by atoms with Gasteiger partial charge in [0.2, 0.25) is 0 Å². The third-order valence-corrected chi connectivity index (χ3v) is 9.42. The van der Waals surface area contributed by atoms with Gasteiger partial charge in [-0.05, 0) is 93.7 Å². The second kappa shape index (κ2) is 41.2. The first-order valence-electron chi connectivity index (χ1n) is 22.6. The van der Waals surface area contributed by atoms with Crippen LogP contribution in [-0.2, 0) is 19.1 Å². The normalized spacial score (nSPS) is 15.5. The summed E-state index contributed by atoms with van der Waals surface area (Å²) in [6, 6.07) is 21.8. The second-order valence-electron chi connectivity index (χ2n) is 14.3. The summed E-state index contributed by atoms with van der Waals surface area (Å²) in [7, 11) is 0. The third kappa shape index (κ3) is 31.0. The van der Waals surface area contributed by atoms with Crippen LogP contribution >= 0.6 is 0 Å². The Morgan fingerprint density at radius 2 is 1.50 bits per heavy atom. The first kappa shape index (κ1) is 54.0. The SMILES string of the molecule is C=CC=C(c1ccccc1)c1ccccc1.C=CCCCCC(CCC)NCCOC(=O)CCCC=C.CC.CCCC1CCCC/C=C\CCCC(=O)OCCN1. The van der Waals surface area contributed by atoms with Crippen molar-refractivity contribution in [3.63, 3.8) is 0 Å². The number of carbonyl (C=O) groups excluding carboxylic acids is 2. The number of allylic oxidation sites excluding steroid dienone is 6. The molecule has 1 heterocycles. The van der Waals surface area contributed by atoms with Crippen molar-refractivity contribution in [3.8, 4) is 0 Å². The number of cyclic esters (lactones) is 1. The van der Waals surface area contributed by atoms with Crippen molar-refractivity contribution >= 4 is 17.5 Å². The van der Waals surface area contributed by atoms with E-state index in [1.165, 1.54) is 87.3 Å². The van der Waals surface area contributed by atoms with Crippen molar-refractivity contribution in [1.82, 2.24) is 10.6 Å². The molecule has 0 fully saturated rings. The fourth-order valence-corrected chi connectivity index (χ4v) is 6.43. The number of nitrogens with one attached hydrogen (secondary N) is 2. The Labute approximate surface area is 355 Å². The molecular formula is C52H82N2O4. The van der Waals surface area contributed by atoms with Crippen LogP contribution < -0.4 is 10.6 Å². The van der Waals surface area contributed by atoms with Crippen LogP contribution in [0.1, 0.15) is 154 Å². The first-order valence-corrected chi connectivity index (χ1v) is 22.6. The Bertz CT molecular complexity index is 1300. The first-order chi connectivity index (χ1) is 28.5. The Hall–Kier alpha value is -4.00. The minimum atomic E-state index is -0.100. The molecule has 0 radical (unpaired) electrons. The maximum Gasteiger partial charge on any atom is 0.305 e. The lowest BCUT2D eigenvalue weighted by Gasteiger charge is -2.18. The van der Waals surface area contributed by atoms with Crippen molar-refractivity contribution in [3.05, 3.63) is 128 Å². The second-order valence-corrected chi connectivity index (χ2v) is 14.3. The smallest absolute Gasteiger partial charge is 0.305 e. The van der Waals surface area contributed by atoms with Crippen LogP contribution in [-0.4, -0.2) is 50.3 Å². The molecule has 1 aliphatic rings. The monoisotopic (exact) mass is 799 g/mol. The summed E-state index contributed by atoms with van der Waals surface area (Å²) >= 11 is 0. The molecule has 0 aromatic heterocycles. The molecule has 6 heteroatoms. The van der Waals surface area contributed by atoms with Crippen molar-refractivity contribution in [2.24, 2.45) is 0 Å². The highest BCUT2D eigenvalue weighted by Crippen LogP contribution is 2.23. The maximum atomic E-state index is 11.5. The van der Waals surface area contributed by atoms with Crippen molar-refractivity contribution in [1.29, 1.82) is 0 Å². The van der Waals surface area contributed by atoms with E-state index >= 15 is 0 Å². The van der Waals surface area contributed by atoms with Crippen LogP contribution in [0.2, 0.25) is 0 Å². The lowest BCUT2D eigenvalue weighted by molar-refractivity contribution is -0.144. The Morgan fingerprint density at radius 3 is 2.10 bits per heavy atom. The van der Waals surface area contributed by atoms with Crippen LogP contribution in [0, 0.1) is 0 Å². The van der Waals surface area contributed by atoms with E-state index in [-0.39, 0.29) is 11.9 Å². The van der Waals surface area contributed by atoms with Gasteiger partial charge in [0.1, 0.15) is 13.2 Å². The number of esters is 2. The van der Waals surface area contributed by atoms with Crippen LogP contribution in [0.25, 0.3) is 5.57 Å². The maximum absolute atomic E-state index is 11.5. The van der Waals surface area contributed by atoms with Crippen molar-refractivity contribution in [2.45, 2.75) is 155 Å². The van der Waals surface area contributed by atoms with Crippen LogP contribution in [0.5, 0.6) is 0 Å². The van der Waals surface area contributed by atoms with E-state index in [4.69, 9.17) is 9.47 Å². The summed E-state index contributed by atoms with van der Waals surface area (Å²) in [4.78, 5) is 22.9. The molecule has 2 N–H and O–H groups in total. The largest absolute Gasteiger partial charge is 0.464 e. The molecule has 3 rings (SSSR count). The van der Waals surface area contributed by atoms with Gasteiger partial charge in [-0.1, -0.05) is 157 Å². The molecule has 2 aromatic rings. The lowest BCUT2D eigenvalue weighted by atomic mass is 9.98. The van der Waals surface area contributed by atoms with E-state index in [0.717, 1.165) is 45.2 Å². The number of hydrogen-bond acceptors (Lipinski definition) is 6. The number of unbranched alkanes of at least 4 members (excludes halogenated alkanes) is 3. The summed E-state index contributed by atoms with van der Waals surface area (Å²) in [5.41, 5.74) is 3.64. The Kier molecular flexibility index (Phi) is 38.3. The molecule has 58 heavy (non-hydrogen) atoms. The summed E-state index contributed by atoms with van der Waals surface area (Å²) in [6.07, 6.45) is 31.2. The van der Waals surface area contributed by atoms with Crippen LogP contribution in [0.4, 0.5) is 0 Å². The highest BCUT2D eigenvalue weighted by molar-refractivity contribution is 5.80. The van der Waals surface area contributed by atoms with Gasteiger partial charge in [-0.3, -0.25) is 9.59 Å². The van der Waals surface area contributed by atoms with E-state index in [1.54, 1.807) is 0 Å². The van der Waals surface area contributed by atoms with Gasteiger partial charge >= 0.3 is 11.9 Å². The highest BCUT2D eigenvalue weighted by Gasteiger charge is 2.09. The molecule has 6 nitrogen and oxygen atoms in total. The highest BCUT2D eigenvalue weighted by atomic mass is 16.5. The average molecular weight is 799 g/mol. The van der Waals surface area contributed by atoms with E-state index in [9.17, 15) is 9.59 Å². The predicted molar refractivity (Wildman–Crippen MR) is 251 cm³/mol. The Morgan fingerprint density at radius 1 is 0.862 bits per heavy atom. The number of ether oxygens (including phenoxy) is 2. The van der Waals surface area contributed by atoms with Crippen LogP contribution in [0.3, 0.4) is 0 Å². The summed E-state index contributed by atoms with van der Waals surface area (Å²) < 4.78 is 10.4. The molecule has 0 amide bonds. The zero-order valence-electron chi connectivity index (χ0n) is 37.2. The van der Waals surface area contributed by atoms with Gasteiger partial charge in [-0.2, -0.15) is 0 Å². The van der Waals surface area contributed by atoms with Gasteiger partial charge in [0.05, 0.1) is 0 Å². The van der Waals surface area contributed by atoms with Gasteiger partial charge in [-0.25, -0.2) is 0 Å². The zero-order chi connectivity index (χ0) is 42.7. The number of benzene rings is 2. The summed E-state index contributed by atoms with van der Waals surface area (Å²) in [5.74, 6) is -0.159. The number of carbonyl (C=O) groups is 2. The van der Waals surface area contributed by atoms with E-state index in [2.05, 4.69) is 105 Å². The quantitative estimate of drug-likeness (QED) is 0.0601. The molecule has 0 saturated carbocycles. The fourth-order valence-electron chi connectivity index (χ4n) is 6.43. The average Bonchev–Trinajstić information content (AvgIpc) is 3.26. The Balaban J connectivity index is 0.000000827. The molecule has 2 aromatic carbocycles. The molecular weight excluding hydrogens is 717 g/mol. The fraction of sp³-hybridized carbons (Fsp3) is 0.538. The molecule has 0 bridgehead atoms. The van der Waals surface area contributed by atoms with E-state index in [0.29, 0.717) is 38.1 Å². The van der Waals surface area contributed by atoms with Crippen LogP contribution in [0.15, 0.2) is 117 Å². The molecule has 1 aliphatic heterocycles. The minimum absolute atomic E-state index is 0.0582. The molecule has 0 aliphatic carbocycles. The van der Waals surface area contributed by atoms with Crippen molar-refractivity contribution in [2.75, 3.05) is 26.3 Å². The minimum Gasteiger partial charge on any atom is -0.464 e. The molecule has 2 atom stereocenters. The third-order valence-electron chi connectivity index (χ3n) is 9.42. The molecule has 0 saturated heterocycles.